The Morgan fingerprint density at radius 2 is 2.11 bits per heavy atom. The Bertz CT molecular complexity index is 636. The van der Waals surface area contributed by atoms with Crippen LogP contribution < -0.4 is 5.73 Å². The number of nitrogens with one attached hydrogen (secondary N) is 2. The molecular formula is C11H8Cl2N4O. The minimum Gasteiger partial charge on any atom is -0.385 e. The number of amides is 1. The monoisotopic (exact) mass is 282 g/mol. The van der Waals surface area contributed by atoms with Crippen molar-refractivity contribution in [1.82, 2.24) is 4.98 Å². The Morgan fingerprint density at radius 1 is 1.39 bits per heavy atom. The molecule has 7 heteroatoms. The fourth-order valence-electron chi connectivity index (χ4n) is 1.56. The van der Waals surface area contributed by atoms with E-state index in [1.807, 2.05) is 0 Å². The first-order chi connectivity index (χ1) is 8.54. The topological polar surface area (TPSA) is 95.1 Å². The highest BCUT2D eigenvalue weighted by molar-refractivity contribution is 6.43. The molecule has 2 rings (SSSR count). The fraction of sp³-hybridized carbons (Fsp3) is 0. The average molecular weight is 283 g/mol. The van der Waals surface area contributed by atoms with Crippen molar-refractivity contribution in [3.05, 3.63) is 39.9 Å². The smallest absolute Gasteiger partial charge is 0.298 e. The van der Waals surface area contributed by atoms with E-state index in [0.29, 0.717) is 21.3 Å². The minimum atomic E-state index is -0.715. The van der Waals surface area contributed by atoms with Gasteiger partial charge in [0.1, 0.15) is 5.82 Å². The number of aromatic nitrogens is 1. The number of benzene rings is 1. The molecule has 1 aromatic heterocycles. The van der Waals surface area contributed by atoms with E-state index in [1.165, 1.54) is 6.07 Å². The molecule has 92 valence electrons. The third-order valence-electron chi connectivity index (χ3n) is 2.42. The molecule has 0 aliphatic carbocycles. The summed E-state index contributed by atoms with van der Waals surface area (Å²) < 4.78 is 0. The van der Waals surface area contributed by atoms with E-state index in [9.17, 15) is 4.79 Å². The number of nitrogen functional groups attached to an aromatic ring is 1. The van der Waals surface area contributed by atoms with Gasteiger partial charge in [0.25, 0.3) is 5.91 Å². The molecule has 0 aliphatic heterocycles. The van der Waals surface area contributed by atoms with Crippen LogP contribution in [-0.4, -0.2) is 10.9 Å². The lowest BCUT2D eigenvalue weighted by molar-refractivity contribution is 0.0992. The van der Waals surface area contributed by atoms with E-state index in [0.717, 1.165) is 0 Å². The SMILES string of the molecule is N=NC(=O)c1cc(-c2cccc(Cl)c2Cl)[nH]c1N. The van der Waals surface area contributed by atoms with Crippen molar-refractivity contribution in [3.8, 4) is 11.3 Å². The number of anilines is 1. The molecule has 0 fully saturated rings. The van der Waals surface area contributed by atoms with Gasteiger partial charge >= 0.3 is 0 Å². The quantitative estimate of drug-likeness (QED) is 0.732. The maximum atomic E-state index is 11.3. The predicted molar refractivity (Wildman–Crippen MR) is 70.1 cm³/mol. The van der Waals surface area contributed by atoms with Gasteiger partial charge in [0.05, 0.1) is 15.6 Å². The highest BCUT2D eigenvalue weighted by atomic mass is 35.5. The van der Waals surface area contributed by atoms with Gasteiger partial charge in [-0.2, -0.15) is 0 Å². The molecule has 0 radical (unpaired) electrons. The summed E-state index contributed by atoms with van der Waals surface area (Å²) in [6, 6.07) is 6.63. The molecule has 0 bridgehead atoms. The molecule has 4 N–H and O–H groups in total. The fourth-order valence-corrected chi connectivity index (χ4v) is 1.97. The van der Waals surface area contributed by atoms with E-state index >= 15 is 0 Å². The van der Waals surface area contributed by atoms with Crippen molar-refractivity contribution in [2.24, 2.45) is 5.11 Å². The van der Waals surface area contributed by atoms with Crippen LogP contribution in [0.15, 0.2) is 29.4 Å². The van der Waals surface area contributed by atoms with Gasteiger partial charge < -0.3 is 10.7 Å². The highest BCUT2D eigenvalue weighted by Gasteiger charge is 2.15. The lowest BCUT2D eigenvalue weighted by Crippen LogP contribution is -1.96. The number of hydrogen-bond acceptors (Lipinski definition) is 3. The van der Waals surface area contributed by atoms with Crippen molar-refractivity contribution >= 4 is 34.9 Å². The summed E-state index contributed by atoms with van der Waals surface area (Å²) >= 11 is 12.0. The van der Waals surface area contributed by atoms with Crippen molar-refractivity contribution < 1.29 is 4.79 Å². The molecule has 1 aromatic carbocycles. The molecule has 0 saturated heterocycles. The number of aromatic amines is 1. The van der Waals surface area contributed by atoms with Gasteiger partial charge in [-0.1, -0.05) is 35.3 Å². The van der Waals surface area contributed by atoms with Gasteiger partial charge in [-0.25, -0.2) is 5.53 Å². The molecule has 1 amide bonds. The van der Waals surface area contributed by atoms with Crippen LogP contribution >= 0.6 is 23.2 Å². The third-order valence-corrected chi connectivity index (χ3v) is 3.24. The molecule has 0 unspecified atom stereocenters. The molecule has 18 heavy (non-hydrogen) atoms. The van der Waals surface area contributed by atoms with Gasteiger partial charge in [-0.3, -0.25) is 4.79 Å². The summed E-state index contributed by atoms with van der Waals surface area (Å²) in [5.74, 6) is -0.574. The van der Waals surface area contributed by atoms with E-state index < -0.39 is 5.91 Å². The van der Waals surface area contributed by atoms with Crippen molar-refractivity contribution in [2.75, 3.05) is 5.73 Å². The van der Waals surface area contributed by atoms with Crippen LogP contribution in [0.5, 0.6) is 0 Å². The Morgan fingerprint density at radius 3 is 2.78 bits per heavy atom. The van der Waals surface area contributed by atoms with Gasteiger partial charge in [0, 0.05) is 11.3 Å². The van der Waals surface area contributed by atoms with E-state index in [-0.39, 0.29) is 11.4 Å². The number of H-pyrrole nitrogens is 1. The second-order valence-electron chi connectivity index (χ2n) is 3.53. The van der Waals surface area contributed by atoms with E-state index in [2.05, 4.69) is 10.1 Å². The predicted octanol–water partition coefficient (Wildman–Crippen LogP) is 3.74. The number of hydrogen-bond donors (Lipinski definition) is 3. The lowest BCUT2D eigenvalue weighted by atomic mass is 10.1. The molecular weight excluding hydrogens is 275 g/mol. The number of nitrogens with zero attached hydrogens (tertiary/aromatic N) is 1. The standard InChI is InChI=1S/C11H8Cl2N4O/c12-7-3-1-2-5(9(7)13)8-4-6(10(14)16-8)11(18)17-15/h1-4,15-16H,14H2. The van der Waals surface area contributed by atoms with Gasteiger partial charge in [0.2, 0.25) is 0 Å². The lowest BCUT2D eigenvalue weighted by Gasteiger charge is -2.02. The van der Waals surface area contributed by atoms with Crippen molar-refractivity contribution in [1.29, 1.82) is 5.53 Å². The van der Waals surface area contributed by atoms with Crippen molar-refractivity contribution in [3.63, 3.8) is 0 Å². The second-order valence-corrected chi connectivity index (χ2v) is 4.31. The summed E-state index contributed by atoms with van der Waals surface area (Å²) in [6.07, 6.45) is 0. The molecule has 0 atom stereocenters. The molecule has 0 spiro atoms. The number of halogens is 2. The van der Waals surface area contributed by atoms with Crippen LogP contribution in [0.25, 0.3) is 11.3 Å². The second kappa shape index (κ2) is 4.80. The first kappa shape index (κ1) is 12.6. The number of carbonyl (C=O) groups is 1. The zero-order valence-corrected chi connectivity index (χ0v) is 10.5. The maximum absolute atomic E-state index is 11.3. The number of nitrogens with two attached hydrogens (primary N) is 1. The molecule has 5 nitrogen and oxygen atoms in total. The minimum absolute atomic E-state index is 0.135. The van der Waals surface area contributed by atoms with Gasteiger partial charge in [0.15, 0.2) is 0 Å². The Balaban J connectivity index is 2.56. The van der Waals surface area contributed by atoms with Crippen molar-refractivity contribution in [2.45, 2.75) is 0 Å². The summed E-state index contributed by atoms with van der Waals surface area (Å²) in [5.41, 5.74) is 13.6. The number of rotatable bonds is 2. The average Bonchev–Trinajstić information content (AvgIpc) is 2.73. The first-order valence-corrected chi connectivity index (χ1v) is 5.65. The summed E-state index contributed by atoms with van der Waals surface area (Å²) in [5, 5.41) is 3.58. The Kier molecular flexibility index (Phi) is 3.36. The molecule has 0 aliphatic rings. The Hall–Kier alpha value is -1.85. The van der Waals surface area contributed by atoms with Gasteiger partial charge in [-0.15, -0.1) is 5.11 Å². The van der Waals surface area contributed by atoms with Crippen LogP contribution in [0, 0.1) is 5.53 Å². The largest absolute Gasteiger partial charge is 0.385 e. The summed E-state index contributed by atoms with van der Waals surface area (Å²) in [7, 11) is 0. The molecule has 0 saturated carbocycles. The van der Waals surface area contributed by atoms with Crippen LogP contribution in [-0.2, 0) is 0 Å². The third kappa shape index (κ3) is 2.10. The zero-order chi connectivity index (χ0) is 13.3. The first-order valence-electron chi connectivity index (χ1n) is 4.89. The highest BCUT2D eigenvalue weighted by Crippen LogP contribution is 2.34. The normalized spacial score (nSPS) is 10.3. The molecule has 2 aromatic rings. The van der Waals surface area contributed by atoms with E-state index in [4.69, 9.17) is 34.5 Å². The van der Waals surface area contributed by atoms with E-state index in [1.54, 1.807) is 18.2 Å². The summed E-state index contributed by atoms with van der Waals surface area (Å²) in [6.45, 7) is 0. The molecule has 1 heterocycles. The maximum Gasteiger partial charge on any atom is 0.298 e. The van der Waals surface area contributed by atoms with Crippen LogP contribution in [0.1, 0.15) is 10.4 Å². The summed E-state index contributed by atoms with van der Waals surface area (Å²) in [4.78, 5) is 14.1. The zero-order valence-electron chi connectivity index (χ0n) is 9.00. The van der Waals surface area contributed by atoms with Crippen LogP contribution in [0.4, 0.5) is 5.82 Å². The van der Waals surface area contributed by atoms with Crippen LogP contribution in [0.3, 0.4) is 0 Å². The van der Waals surface area contributed by atoms with Gasteiger partial charge in [-0.05, 0) is 12.1 Å². The van der Waals surface area contributed by atoms with Crippen LogP contribution in [0.2, 0.25) is 10.0 Å². The Labute approximate surface area is 112 Å². The number of carbonyl (C=O) groups excluding carboxylic acids is 1.